The second-order valence-electron chi connectivity index (χ2n) is 22.7. The molecule has 0 amide bonds. The molecule has 105 heavy (non-hydrogen) atoms. The van der Waals surface area contributed by atoms with E-state index < -0.39 is 183 Å². The molecule has 8 rings (SSSR count). The number of rotatable bonds is 28. The van der Waals surface area contributed by atoms with E-state index in [2.05, 4.69) is 0 Å². The fraction of sp³-hybridized carbons (Fsp3) is 0.194. The molecule has 0 saturated heterocycles. The van der Waals surface area contributed by atoms with E-state index >= 15 is 0 Å². The number of hydrogen-bond acceptors (Lipinski definition) is 20. The van der Waals surface area contributed by atoms with Crippen LogP contribution < -0.4 is 137 Å². The summed E-state index contributed by atoms with van der Waals surface area (Å²) < 4.78 is 375. The van der Waals surface area contributed by atoms with Gasteiger partial charge in [0.1, 0.15) is 86.5 Å². The van der Waals surface area contributed by atoms with E-state index in [9.17, 15) is 127 Å². The van der Waals surface area contributed by atoms with Gasteiger partial charge in [-0.15, -0.1) is 0 Å². The van der Waals surface area contributed by atoms with Crippen molar-refractivity contribution in [1.29, 1.82) is 0 Å². The van der Waals surface area contributed by atoms with E-state index in [1.165, 1.54) is 49.5 Å². The van der Waals surface area contributed by atoms with Crippen molar-refractivity contribution < 1.29 is 264 Å². The van der Waals surface area contributed by atoms with Gasteiger partial charge in [0.05, 0.1) is 29.4 Å². The minimum Gasteiger partial charge on any atom is -0.744 e. The Morgan fingerprint density at radius 2 is 0.695 bits per heavy atom. The summed E-state index contributed by atoms with van der Waals surface area (Å²) in [5.74, 6) is -42.4. The van der Waals surface area contributed by atoms with Crippen molar-refractivity contribution >= 4 is 70.0 Å². The van der Waals surface area contributed by atoms with Gasteiger partial charge in [0.25, 0.3) is 0 Å². The summed E-state index contributed by atoms with van der Waals surface area (Å²) in [6.07, 6.45) is -9.80. The summed E-state index contributed by atoms with van der Waals surface area (Å²) in [6.45, 7) is 2.61. The molecule has 0 aromatic heterocycles. The fourth-order valence-corrected chi connectivity index (χ4v) is 15.1. The Labute approximate surface area is 679 Å². The molecule has 0 aliphatic carbocycles. The Balaban J connectivity index is 0.00000583. The minimum absolute atomic E-state index is 0. The maximum absolute atomic E-state index is 14.6. The largest absolute Gasteiger partial charge is 1.00 e. The number of halogens is 13. The molecule has 43 heteroatoms. The molecule has 540 valence electrons. The number of benzene rings is 8. The summed E-state index contributed by atoms with van der Waals surface area (Å²) in [4.78, 5) is 22.2. The molecule has 0 saturated carbocycles. The van der Waals surface area contributed by atoms with Crippen LogP contribution in [0.25, 0.3) is 0 Å². The van der Waals surface area contributed by atoms with Crippen LogP contribution in [0.2, 0.25) is 25.2 Å². The zero-order chi connectivity index (χ0) is 75.3. The van der Waals surface area contributed by atoms with Gasteiger partial charge < -0.3 is 37.2 Å². The van der Waals surface area contributed by atoms with Gasteiger partial charge in [0.2, 0.25) is 9.84 Å². The van der Waals surface area contributed by atoms with Crippen molar-refractivity contribution in [1.82, 2.24) is 0 Å². The van der Waals surface area contributed by atoms with Gasteiger partial charge in [-0.05, 0) is 133 Å². The van der Waals surface area contributed by atoms with Crippen LogP contribution in [0.1, 0.15) is 43.8 Å². The van der Waals surface area contributed by atoms with Crippen LogP contribution in [-0.4, -0.2) is 116 Å². The van der Waals surface area contributed by atoms with Gasteiger partial charge in [-0.2, -0.15) is 57.1 Å². The molecule has 0 atom stereocenters. The van der Waals surface area contributed by atoms with Crippen LogP contribution in [0, 0.1) is 0 Å². The topological polar surface area (TPSA) is 334 Å². The summed E-state index contributed by atoms with van der Waals surface area (Å²) in [7, 11) is -29.0. The number of carbonyl (C=O) groups is 2. The van der Waals surface area contributed by atoms with E-state index in [4.69, 9.17) is 18.9 Å². The fourth-order valence-electron chi connectivity index (χ4n) is 9.32. The zero-order valence-electron chi connectivity index (χ0n) is 54.7. The quantitative estimate of drug-likeness (QED) is 0.0293. The Morgan fingerprint density at radius 1 is 0.362 bits per heavy atom. The number of ketones is 2. The van der Waals surface area contributed by atoms with E-state index in [1.54, 1.807) is 0 Å². The molecule has 20 nitrogen and oxygen atoms in total. The maximum atomic E-state index is 14.6. The molecule has 0 spiro atoms. The average molecular weight is 1640 g/mol. The molecule has 0 aliphatic rings. The maximum Gasteiger partial charge on any atom is 1.00 e. The third-order valence-electron chi connectivity index (χ3n) is 14.9. The summed E-state index contributed by atoms with van der Waals surface area (Å²) in [5, 5.41) is 0. The standard InChI is InChI=1S/C62H47F13O20S5Si.4Na/c1-101(2,28-26-57(63,64)58(65,66)59(67,68)60(69,70)61(71,72)62(73,74)75)27-25-36-9-13-41(14-10-36)92-42-15-19-47(20-16-42)96(78,79)48-21-17-43(18-22-48)93-44-33-45(94-51-23-11-39(31-53(51)99(86,87)88)55(76)37-5-3-7-49(29-37)97(80,81)82)35-46(34-44)95-52-24-12-40(32-54(52)100(89,90)91)56(77)38-6-4-8-50(30-38)98(83,84)85;;;;/h3-24,29-35H,25-28H2,1-2H3,(H,80,81,82)(H,83,84,85)(H,86,87,88)(H,89,90,91);;;;/q;4*+1/p-4. The number of ether oxygens (including phenoxy) is 4. The first-order chi connectivity index (χ1) is 46.3. The minimum atomic E-state index is -8.00. The van der Waals surface area contributed by atoms with E-state index in [0.717, 1.165) is 115 Å². The molecule has 8 aromatic carbocycles. The van der Waals surface area contributed by atoms with Crippen LogP contribution >= 0.6 is 0 Å². The zero-order valence-corrected chi connectivity index (χ0v) is 67.8. The summed E-state index contributed by atoms with van der Waals surface area (Å²) in [6, 6.07) is 28.7. The van der Waals surface area contributed by atoms with Gasteiger partial charge in [-0.1, -0.05) is 61.6 Å². The van der Waals surface area contributed by atoms with Gasteiger partial charge >= 0.3 is 154 Å². The SMILES string of the molecule is C[Si](C)(CCc1ccc(Oc2ccc(S(=O)(=O)c3ccc(Oc4cc(Oc5ccc(C(=O)c6cccc(S(=O)(=O)[O-])c6)cc5S(=O)(=O)[O-])cc(Oc5ccc(C(=O)c6cccc(S(=O)(=O)[O-])c6)cc5S(=O)(=O)[O-])c4)cc3)cc2)cc1)CCC(F)(F)C(F)(F)C(F)(F)C(F)(F)C(F)(F)C(F)(F)F.[Na+].[Na+].[Na+].[Na+]. The number of aryl methyl sites for hydroxylation is 1. The van der Waals surface area contributed by atoms with Crippen molar-refractivity contribution in [3.8, 4) is 46.0 Å². The van der Waals surface area contributed by atoms with Gasteiger partial charge in [0.15, 0.2) is 11.6 Å². The van der Waals surface area contributed by atoms with Crippen LogP contribution in [-0.2, 0) is 56.7 Å². The predicted molar refractivity (Wildman–Crippen MR) is 322 cm³/mol. The van der Waals surface area contributed by atoms with Crippen molar-refractivity contribution in [2.75, 3.05) is 0 Å². The first-order valence-corrected chi connectivity index (χ1v) is 38.6. The summed E-state index contributed by atoms with van der Waals surface area (Å²) >= 11 is 0. The van der Waals surface area contributed by atoms with Gasteiger partial charge in [-0.3, -0.25) is 9.59 Å². The molecule has 0 bridgehead atoms. The first kappa shape index (κ1) is 92.6. The van der Waals surface area contributed by atoms with Crippen molar-refractivity contribution in [3.05, 3.63) is 204 Å². The molecule has 0 radical (unpaired) electrons. The Hall–Kier alpha value is -4.80. The Bertz CT molecular complexity index is 4960. The smallest absolute Gasteiger partial charge is 0.744 e. The number of hydrogen-bond donors (Lipinski definition) is 0. The van der Waals surface area contributed by atoms with Crippen molar-refractivity contribution in [3.63, 3.8) is 0 Å². The number of carbonyl (C=O) groups excluding carboxylic acids is 2. The van der Waals surface area contributed by atoms with Gasteiger partial charge in [0, 0.05) is 54.9 Å². The molecule has 0 aliphatic heterocycles. The Kier molecular flexibility index (Phi) is 30.2. The van der Waals surface area contributed by atoms with Crippen LogP contribution in [0.15, 0.2) is 205 Å². The third kappa shape index (κ3) is 21.4. The van der Waals surface area contributed by atoms with Crippen molar-refractivity contribution in [2.45, 2.75) is 103 Å². The molecular formula is C62H43F13Na4O20S5Si. The number of alkyl halides is 13. The second-order valence-corrected chi connectivity index (χ2v) is 35.4. The van der Waals surface area contributed by atoms with Crippen LogP contribution in [0.5, 0.6) is 46.0 Å². The molecule has 0 fully saturated rings. The van der Waals surface area contributed by atoms with Crippen LogP contribution in [0.4, 0.5) is 57.1 Å². The van der Waals surface area contributed by atoms with Crippen molar-refractivity contribution in [2.24, 2.45) is 0 Å². The molecule has 0 unspecified atom stereocenters. The third-order valence-corrected chi connectivity index (χ3v) is 23.3. The van der Waals surface area contributed by atoms with Crippen LogP contribution in [0.3, 0.4) is 0 Å². The monoisotopic (exact) mass is 1630 g/mol. The average Bonchev–Trinajstić information content (AvgIpc) is 0.710. The molecule has 8 aromatic rings. The predicted octanol–water partition coefficient (Wildman–Crippen LogP) is 2.16. The molecule has 0 N–H and O–H groups in total. The first-order valence-electron chi connectivity index (χ1n) is 28.0. The molecular weight excluding hydrogens is 1590 g/mol. The van der Waals surface area contributed by atoms with E-state index in [0.29, 0.717) is 29.8 Å². The number of sulfone groups is 1. The normalized spacial score (nSPS) is 12.8. The second kappa shape index (κ2) is 34.2. The van der Waals surface area contributed by atoms with E-state index in [1.807, 2.05) is 0 Å². The van der Waals surface area contributed by atoms with E-state index in [-0.39, 0.29) is 163 Å². The Morgan fingerprint density at radius 3 is 1.05 bits per heavy atom. The summed E-state index contributed by atoms with van der Waals surface area (Å²) in [5.41, 5.74) is -1.48. The van der Waals surface area contributed by atoms with Gasteiger partial charge in [-0.25, -0.2) is 42.1 Å². The molecule has 0 heterocycles.